The number of aryl methyl sites for hydroxylation is 2. The van der Waals surface area contributed by atoms with Gasteiger partial charge >= 0.3 is 0 Å². The fourth-order valence-corrected chi connectivity index (χ4v) is 5.76. The first-order valence-corrected chi connectivity index (χ1v) is 13.6. The maximum atomic E-state index is 13.8. The van der Waals surface area contributed by atoms with Crippen LogP contribution in [0.2, 0.25) is 0 Å². The van der Waals surface area contributed by atoms with E-state index in [2.05, 4.69) is 5.32 Å². The molecule has 0 spiro atoms. The zero-order chi connectivity index (χ0) is 27.4. The van der Waals surface area contributed by atoms with Crippen molar-refractivity contribution in [1.29, 1.82) is 0 Å². The highest BCUT2D eigenvalue weighted by atomic mass is 32.2. The highest BCUT2D eigenvalue weighted by Crippen LogP contribution is 2.36. The van der Waals surface area contributed by atoms with Crippen molar-refractivity contribution >= 4 is 38.9 Å². The number of anilines is 3. The van der Waals surface area contributed by atoms with Crippen molar-refractivity contribution in [3.05, 3.63) is 71.8 Å². The quantitative estimate of drug-likeness (QED) is 0.437. The van der Waals surface area contributed by atoms with Crippen LogP contribution in [0, 0.1) is 13.8 Å². The molecule has 0 atom stereocenters. The van der Waals surface area contributed by atoms with Crippen molar-refractivity contribution in [3.8, 4) is 11.5 Å². The minimum Gasteiger partial charge on any atom is -0.497 e. The fraction of sp³-hybridized carbons (Fsp3) is 0.286. The summed E-state index contributed by atoms with van der Waals surface area (Å²) >= 11 is 0. The predicted octanol–water partition coefficient (Wildman–Crippen LogP) is 4.28. The lowest BCUT2D eigenvalue weighted by Crippen LogP contribution is -2.38. The summed E-state index contributed by atoms with van der Waals surface area (Å²) in [6.07, 6.45) is 1.27. The Bertz CT molecular complexity index is 1450. The average Bonchev–Trinajstić information content (AvgIpc) is 3.33. The van der Waals surface area contributed by atoms with Crippen LogP contribution >= 0.6 is 0 Å². The van der Waals surface area contributed by atoms with Gasteiger partial charge in [0.1, 0.15) is 18.0 Å². The van der Waals surface area contributed by atoms with Crippen molar-refractivity contribution in [2.24, 2.45) is 0 Å². The van der Waals surface area contributed by atoms with Gasteiger partial charge in [-0.1, -0.05) is 23.8 Å². The molecule has 3 aromatic rings. The summed E-state index contributed by atoms with van der Waals surface area (Å²) in [6.45, 7) is 3.86. The first kappa shape index (κ1) is 27.0. The number of carbonyl (C=O) groups excluding carboxylic acids is 2. The molecule has 0 bridgehead atoms. The van der Waals surface area contributed by atoms with Crippen LogP contribution in [0.5, 0.6) is 11.5 Å². The molecule has 1 fully saturated rings. The van der Waals surface area contributed by atoms with Crippen molar-refractivity contribution in [2.75, 3.05) is 41.8 Å². The number of benzene rings is 3. The average molecular weight is 538 g/mol. The molecule has 10 heteroatoms. The van der Waals surface area contributed by atoms with Gasteiger partial charge in [-0.2, -0.15) is 0 Å². The van der Waals surface area contributed by atoms with Gasteiger partial charge in [0.25, 0.3) is 10.0 Å². The first-order valence-electron chi connectivity index (χ1n) is 12.2. The molecule has 1 aliphatic rings. The van der Waals surface area contributed by atoms with Crippen molar-refractivity contribution in [2.45, 2.75) is 31.6 Å². The second kappa shape index (κ2) is 11.1. The van der Waals surface area contributed by atoms with Gasteiger partial charge in [-0.15, -0.1) is 0 Å². The van der Waals surface area contributed by atoms with Crippen LogP contribution in [0.1, 0.15) is 24.0 Å². The number of hydrogen-bond acceptors (Lipinski definition) is 6. The zero-order valence-corrected chi connectivity index (χ0v) is 22.7. The molecule has 38 heavy (non-hydrogen) atoms. The topological polar surface area (TPSA) is 105 Å². The number of ether oxygens (including phenoxy) is 2. The summed E-state index contributed by atoms with van der Waals surface area (Å²) in [7, 11) is -1.27. The fourth-order valence-electron chi connectivity index (χ4n) is 4.34. The number of methoxy groups -OCH3 is 2. The molecule has 3 aromatic carbocycles. The van der Waals surface area contributed by atoms with Gasteiger partial charge in [0.15, 0.2) is 0 Å². The summed E-state index contributed by atoms with van der Waals surface area (Å²) in [5.41, 5.74) is 3.15. The van der Waals surface area contributed by atoms with E-state index in [1.165, 1.54) is 32.4 Å². The van der Waals surface area contributed by atoms with Gasteiger partial charge in [0.2, 0.25) is 11.8 Å². The normalized spacial score (nSPS) is 13.4. The van der Waals surface area contributed by atoms with Crippen LogP contribution < -0.4 is 24.0 Å². The van der Waals surface area contributed by atoms with Gasteiger partial charge in [-0.25, -0.2) is 8.42 Å². The number of carbonyl (C=O) groups is 2. The third-order valence-corrected chi connectivity index (χ3v) is 8.18. The maximum Gasteiger partial charge on any atom is 0.264 e. The standard InChI is InChI=1S/C28H31N3O6S/c1-19-7-12-23(13-8-19)38(34,35)31(25-17-22(36-3)11-14-26(25)37-4)18-27(32)29-21-10-9-20(2)24(16-21)30-15-5-6-28(30)33/h7-14,16-17H,5-6,15,18H2,1-4H3,(H,29,32). The van der Waals surface area contributed by atoms with Gasteiger partial charge in [-0.3, -0.25) is 13.9 Å². The predicted molar refractivity (Wildman–Crippen MR) is 147 cm³/mol. The number of nitrogens with one attached hydrogen (secondary N) is 1. The molecule has 9 nitrogen and oxygen atoms in total. The Labute approximate surface area is 223 Å². The molecule has 1 N–H and O–H groups in total. The van der Waals surface area contributed by atoms with Crippen LogP contribution in [0.4, 0.5) is 17.1 Å². The lowest BCUT2D eigenvalue weighted by molar-refractivity contribution is -0.117. The Hall–Kier alpha value is -4.05. The van der Waals surface area contributed by atoms with Gasteiger partial charge < -0.3 is 19.7 Å². The van der Waals surface area contributed by atoms with Gasteiger partial charge in [0.05, 0.1) is 24.8 Å². The smallest absolute Gasteiger partial charge is 0.264 e. The third-order valence-electron chi connectivity index (χ3n) is 6.41. The molecule has 200 valence electrons. The molecule has 2 amide bonds. The summed E-state index contributed by atoms with van der Waals surface area (Å²) in [5, 5.41) is 2.79. The van der Waals surface area contributed by atoms with Crippen LogP contribution in [0.25, 0.3) is 0 Å². The summed E-state index contributed by atoms with van der Waals surface area (Å²) in [6, 6.07) is 16.4. The van der Waals surface area contributed by atoms with E-state index in [4.69, 9.17) is 9.47 Å². The molecule has 0 aromatic heterocycles. The number of nitrogens with zero attached hydrogens (tertiary/aromatic N) is 2. The third kappa shape index (κ3) is 5.60. The molecule has 0 unspecified atom stereocenters. The Morgan fingerprint density at radius 2 is 1.74 bits per heavy atom. The first-order chi connectivity index (χ1) is 18.1. The molecule has 1 saturated heterocycles. The van der Waals surface area contributed by atoms with Crippen molar-refractivity contribution < 1.29 is 27.5 Å². The number of sulfonamides is 1. The van der Waals surface area contributed by atoms with Crippen LogP contribution in [0.15, 0.2) is 65.6 Å². The Kier molecular flexibility index (Phi) is 7.91. The monoisotopic (exact) mass is 537 g/mol. The largest absolute Gasteiger partial charge is 0.497 e. The van der Waals surface area contributed by atoms with E-state index in [0.29, 0.717) is 24.4 Å². The SMILES string of the molecule is COc1ccc(OC)c(N(CC(=O)Nc2ccc(C)c(N3CCCC3=O)c2)S(=O)(=O)c2ccc(C)cc2)c1. The molecule has 0 radical (unpaired) electrons. The summed E-state index contributed by atoms with van der Waals surface area (Å²) in [5.74, 6) is 0.147. The molecule has 0 aliphatic carbocycles. The molecular weight excluding hydrogens is 506 g/mol. The van der Waals surface area contributed by atoms with E-state index in [1.807, 2.05) is 19.9 Å². The Morgan fingerprint density at radius 3 is 2.37 bits per heavy atom. The van der Waals surface area contributed by atoms with Crippen molar-refractivity contribution in [3.63, 3.8) is 0 Å². The number of amides is 2. The molecule has 4 rings (SSSR count). The second-order valence-electron chi connectivity index (χ2n) is 9.06. The van der Waals surface area contributed by atoms with Crippen molar-refractivity contribution in [1.82, 2.24) is 0 Å². The van der Waals surface area contributed by atoms with E-state index in [1.54, 1.807) is 41.3 Å². The van der Waals surface area contributed by atoms with Crippen LogP contribution in [0.3, 0.4) is 0 Å². The lowest BCUT2D eigenvalue weighted by Gasteiger charge is -2.26. The van der Waals surface area contributed by atoms with Crippen LogP contribution in [-0.2, 0) is 19.6 Å². The van der Waals surface area contributed by atoms with E-state index in [-0.39, 0.29) is 22.2 Å². The maximum absolute atomic E-state index is 13.8. The van der Waals surface area contributed by atoms with Gasteiger partial charge in [-0.05, 0) is 62.2 Å². The highest BCUT2D eigenvalue weighted by Gasteiger charge is 2.30. The molecule has 0 saturated carbocycles. The molecule has 1 aliphatic heterocycles. The summed E-state index contributed by atoms with van der Waals surface area (Å²) in [4.78, 5) is 27.3. The minimum atomic E-state index is -4.17. The van der Waals surface area contributed by atoms with E-state index < -0.39 is 22.5 Å². The lowest BCUT2D eigenvalue weighted by atomic mass is 10.1. The zero-order valence-electron chi connectivity index (χ0n) is 21.9. The highest BCUT2D eigenvalue weighted by molar-refractivity contribution is 7.92. The summed E-state index contributed by atoms with van der Waals surface area (Å²) < 4.78 is 39.4. The Morgan fingerprint density at radius 1 is 1.00 bits per heavy atom. The van der Waals surface area contributed by atoms with E-state index in [9.17, 15) is 18.0 Å². The van der Waals surface area contributed by atoms with Crippen LogP contribution in [-0.4, -0.2) is 47.5 Å². The van der Waals surface area contributed by atoms with Gasteiger partial charge in [0, 0.05) is 30.4 Å². The van der Waals surface area contributed by atoms with E-state index >= 15 is 0 Å². The molecule has 1 heterocycles. The second-order valence-corrected chi connectivity index (χ2v) is 10.9. The molecular formula is C28H31N3O6S. The number of rotatable bonds is 9. The van der Waals surface area contributed by atoms with E-state index in [0.717, 1.165) is 27.5 Å². The minimum absolute atomic E-state index is 0.0333. The Balaban J connectivity index is 1.69. The number of hydrogen-bond donors (Lipinski definition) is 1.